The average molecular weight is 268 g/mol. The highest BCUT2D eigenvalue weighted by Gasteiger charge is 2.14. The molecule has 0 radical (unpaired) electrons. The van der Waals surface area contributed by atoms with Crippen molar-refractivity contribution in [3.63, 3.8) is 0 Å². The fourth-order valence-corrected chi connectivity index (χ4v) is 2.24. The maximum atomic E-state index is 12.1. The number of carbonyl (C=O) groups excluding carboxylic acids is 1. The average Bonchev–Trinajstić information content (AvgIpc) is 2.38. The van der Waals surface area contributed by atoms with E-state index in [9.17, 15) is 4.79 Å². The number of rotatable bonds is 4. The van der Waals surface area contributed by atoms with Gasteiger partial charge in [-0.05, 0) is 49.1 Å². The molecule has 1 atom stereocenters. The van der Waals surface area contributed by atoms with Gasteiger partial charge < -0.3 is 11.1 Å². The van der Waals surface area contributed by atoms with Gasteiger partial charge in [0.15, 0.2) is 0 Å². The van der Waals surface area contributed by atoms with Crippen LogP contribution in [0.4, 0.5) is 5.69 Å². The summed E-state index contributed by atoms with van der Waals surface area (Å²) >= 11 is 0. The summed E-state index contributed by atoms with van der Waals surface area (Å²) in [6.07, 6.45) is 0.539. The van der Waals surface area contributed by atoms with E-state index in [0.29, 0.717) is 6.42 Å². The number of hydrogen-bond acceptors (Lipinski definition) is 2. The van der Waals surface area contributed by atoms with Crippen molar-refractivity contribution in [3.05, 3.63) is 65.2 Å². The summed E-state index contributed by atoms with van der Waals surface area (Å²) in [5.41, 5.74) is 10.1. The molecule has 0 spiro atoms. The summed E-state index contributed by atoms with van der Waals surface area (Å²) in [6, 6.07) is 15.2. The Morgan fingerprint density at radius 2 is 1.70 bits per heavy atom. The molecule has 3 N–H and O–H groups in total. The van der Waals surface area contributed by atoms with Crippen LogP contribution in [0.5, 0.6) is 0 Å². The van der Waals surface area contributed by atoms with Crippen LogP contribution in [0.2, 0.25) is 0 Å². The molecule has 0 unspecified atom stereocenters. The van der Waals surface area contributed by atoms with Crippen molar-refractivity contribution in [3.8, 4) is 0 Å². The zero-order valence-corrected chi connectivity index (χ0v) is 11.9. The number of anilines is 1. The predicted octanol–water partition coefficient (Wildman–Crippen LogP) is 2.81. The number of nitrogens with two attached hydrogens (primary N) is 1. The molecular formula is C17H20N2O. The first kappa shape index (κ1) is 14.3. The molecule has 104 valence electrons. The second-order valence-corrected chi connectivity index (χ2v) is 5.16. The lowest BCUT2D eigenvalue weighted by molar-refractivity contribution is -0.117. The van der Waals surface area contributed by atoms with E-state index in [2.05, 4.69) is 11.4 Å². The van der Waals surface area contributed by atoms with Crippen molar-refractivity contribution in [2.24, 2.45) is 5.73 Å². The Hall–Kier alpha value is -2.13. The van der Waals surface area contributed by atoms with Gasteiger partial charge in [0.05, 0.1) is 6.04 Å². The van der Waals surface area contributed by atoms with Crippen LogP contribution in [0.25, 0.3) is 0 Å². The van der Waals surface area contributed by atoms with Crippen molar-refractivity contribution in [1.82, 2.24) is 0 Å². The van der Waals surface area contributed by atoms with Gasteiger partial charge in [-0.25, -0.2) is 0 Å². The molecule has 0 fully saturated rings. The topological polar surface area (TPSA) is 55.1 Å². The van der Waals surface area contributed by atoms with Crippen molar-refractivity contribution in [2.45, 2.75) is 26.3 Å². The first-order chi connectivity index (χ1) is 9.54. The van der Waals surface area contributed by atoms with Crippen LogP contribution in [-0.2, 0) is 11.2 Å². The van der Waals surface area contributed by atoms with E-state index in [4.69, 9.17) is 5.73 Å². The molecule has 2 aromatic carbocycles. The molecule has 3 nitrogen and oxygen atoms in total. The molecule has 0 aliphatic heterocycles. The highest BCUT2D eigenvalue weighted by molar-refractivity contribution is 5.95. The van der Waals surface area contributed by atoms with E-state index < -0.39 is 6.04 Å². The molecule has 0 aliphatic carbocycles. The number of carbonyl (C=O) groups is 1. The maximum Gasteiger partial charge on any atom is 0.241 e. The first-order valence-corrected chi connectivity index (χ1v) is 6.73. The van der Waals surface area contributed by atoms with E-state index in [1.807, 2.05) is 56.3 Å². The summed E-state index contributed by atoms with van der Waals surface area (Å²) in [7, 11) is 0. The van der Waals surface area contributed by atoms with E-state index in [0.717, 1.165) is 22.4 Å². The third-order valence-electron chi connectivity index (χ3n) is 3.12. The zero-order valence-electron chi connectivity index (χ0n) is 11.9. The Kier molecular flexibility index (Phi) is 4.53. The van der Waals surface area contributed by atoms with E-state index >= 15 is 0 Å². The van der Waals surface area contributed by atoms with Gasteiger partial charge in [-0.3, -0.25) is 4.79 Å². The van der Waals surface area contributed by atoms with Gasteiger partial charge in [0, 0.05) is 5.69 Å². The lowest BCUT2D eigenvalue weighted by Gasteiger charge is -2.13. The minimum atomic E-state index is -0.543. The number of amides is 1. The molecule has 2 aromatic rings. The SMILES string of the molecule is Cc1cc(C)cc(NC(=O)[C@@H](N)Cc2ccccc2)c1. The molecule has 20 heavy (non-hydrogen) atoms. The molecule has 2 rings (SSSR count). The standard InChI is InChI=1S/C17H20N2O/c1-12-8-13(2)10-15(9-12)19-17(20)16(18)11-14-6-4-3-5-7-14/h3-10,16H,11,18H2,1-2H3,(H,19,20)/t16-/m0/s1. The maximum absolute atomic E-state index is 12.1. The van der Waals surface area contributed by atoms with Gasteiger partial charge in [-0.15, -0.1) is 0 Å². The summed E-state index contributed by atoms with van der Waals surface area (Å²) in [4.78, 5) is 12.1. The molecule has 0 saturated carbocycles. The quantitative estimate of drug-likeness (QED) is 0.896. The zero-order chi connectivity index (χ0) is 14.5. The first-order valence-electron chi connectivity index (χ1n) is 6.73. The van der Waals surface area contributed by atoms with Crippen molar-refractivity contribution in [2.75, 3.05) is 5.32 Å². The third kappa shape index (κ3) is 3.93. The minimum absolute atomic E-state index is 0.154. The van der Waals surface area contributed by atoms with Gasteiger partial charge in [0.1, 0.15) is 0 Å². The van der Waals surface area contributed by atoms with Crippen LogP contribution in [0.1, 0.15) is 16.7 Å². The lowest BCUT2D eigenvalue weighted by atomic mass is 10.1. The van der Waals surface area contributed by atoms with Gasteiger partial charge >= 0.3 is 0 Å². The van der Waals surface area contributed by atoms with Gasteiger partial charge in [-0.1, -0.05) is 36.4 Å². The number of benzene rings is 2. The number of aryl methyl sites for hydroxylation is 2. The monoisotopic (exact) mass is 268 g/mol. The largest absolute Gasteiger partial charge is 0.325 e. The van der Waals surface area contributed by atoms with E-state index in [1.165, 1.54) is 0 Å². The minimum Gasteiger partial charge on any atom is -0.325 e. The fraction of sp³-hybridized carbons (Fsp3) is 0.235. The summed E-state index contributed by atoms with van der Waals surface area (Å²) in [5, 5.41) is 2.88. The molecule has 0 aromatic heterocycles. The molecule has 3 heteroatoms. The number of nitrogens with one attached hydrogen (secondary N) is 1. The highest BCUT2D eigenvalue weighted by Crippen LogP contribution is 2.14. The molecule has 0 heterocycles. The smallest absolute Gasteiger partial charge is 0.241 e. The van der Waals surface area contributed by atoms with Crippen LogP contribution in [-0.4, -0.2) is 11.9 Å². The second kappa shape index (κ2) is 6.35. The van der Waals surface area contributed by atoms with E-state index in [1.54, 1.807) is 0 Å². The molecule has 0 bridgehead atoms. The molecule has 0 aliphatic rings. The van der Waals surface area contributed by atoms with Gasteiger partial charge in [-0.2, -0.15) is 0 Å². The van der Waals surface area contributed by atoms with Crippen molar-refractivity contribution < 1.29 is 4.79 Å². The Balaban J connectivity index is 2.00. The number of hydrogen-bond donors (Lipinski definition) is 2. The normalized spacial score (nSPS) is 11.9. The Morgan fingerprint density at radius 3 is 2.30 bits per heavy atom. The van der Waals surface area contributed by atoms with Crippen LogP contribution in [0.3, 0.4) is 0 Å². The van der Waals surface area contributed by atoms with Crippen LogP contribution in [0, 0.1) is 13.8 Å². The van der Waals surface area contributed by atoms with Gasteiger partial charge in [0.2, 0.25) is 5.91 Å². The molecule has 0 saturated heterocycles. The second-order valence-electron chi connectivity index (χ2n) is 5.16. The fourth-order valence-electron chi connectivity index (χ4n) is 2.24. The third-order valence-corrected chi connectivity index (χ3v) is 3.12. The summed E-state index contributed by atoms with van der Waals surface area (Å²) in [6.45, 7) is 4.01. The molecular weight excluding hydrogens is 248 g/mol. The van der Waals surface area contributed by atoms with Crippen molar-refractivity contribution in [1.29, 1.82) is 0 Å². The molecule has 1 amide bonds. The Bertz CT molecular complexity index is 573. The van der Waals surface area contributed by atoms with Crippen LogP contribution in [0.15, 0.2) is 48.5 Å². The summed E-state index contributed by atoms with van der Waals surface area (Å²) in [5.74, 6) is -0.154. The predicted molar refractivity (Wildman–Crippen MR) is 82.7 cm³/mol. The van der Waals surface area contributed by atoms with Crippen molar-refractivity contribution >= 4 is 11.6 Å². The van der Waals surface area contributed by atoms with Crippen LogP contribution >= 0.6 is 0 Å². The van der Waals surface area contributed by atoms with E-state index in [-0.39, 0.29) is 5.91 Å². The summed E-state index contributed by atoms with van der Waals surface area (Å²) < 4.78 is 0. The van der Waals surface area contributed by atoms with Gasteiger partial charge in [0.25, 0.3) is 0 Å². The van der Waals surface area contributed by atoms with Crippen LogP contribution < -0.4 is 11.1 Å². The highest BCUT2D eigenvalue weighted by atomic mass is 16.2. The Labute approximate surface area is 119 Å². The Morgan fingerprint density at radius 1 is 1.10 bits per heavy atom. The lowest BCUT2D eigenvalue weighted by Crippen LogP contribution is -2.37.